The van der Waals surface area contributed by atoms with Crippen LogP contribution >= 0.6 is 0 Å². The molecule has 1 fully saturated rings. The molecule has 0 bridgehead atoms. The Labute approximate surface area is 187 Å². The van der Waals surface area contributed by atoms with Crippen LogP contribution in [0.15, 0.2) is 54.6 Å². The average molecular weight is 440 g/mol. The first-order chi connectivity index (χ1) is 15.5. The highest BCUT2D eigenvalue weighted by Gasteiger charge is 2.14. The lowest BCUT2D eigenvalue weighted by molar-refractivity contribution is -0.122. The van der Waals surface area contributed by atoms with Crippen molar-refractivity contribution >= 4 is 29.2 Å². The molecule has 0 radical (unpaired) electrons. The number of amides is 4. The number of likely N-dealkylation sites (N-methyl/N-ethyl adjacent to an activating group) is 1. The van der Waals surface area contributed by atoms with Crippen LogP contribution in [0.1, 0.15) is 5.56 Å². The Kier molecular flexibility index (Phi) is 8.59. The van der Waals surface area contributed by atoms with Crippen molar-refractivity contribution in [1.82, 2.24) is 15.5 Å². The number of urea groups is 1. The molecule has 3 N–H and O–H groups in total. The highest BCUT2D eigenvalue weighted by atomic mass is 16.5. The number of carbonyl (C=O) groups is 3. The molecule has 9 nitrogen and oxygen atoms in total. The van der Waals surface area contributed by atoms with E-state index in [0.29, 0.717) is 25.4 Å². The fourth-order valence-corrected chi connectivity index (χ4v) is 3.31. The van der Waals surface area contributed by atoms with Crippen molar-refractivity contribution in [2.24, 2.45) is 0 Å². The molecule has 1 heterocycles. The second kappa shape index (κ2) is 11.8. The van der Waals surface area contributed by atoms with E-state index >= 15 is 0 Å². The van der Waals surface area contributed by atoms with E-state index in [1.807, 2.05) is 54.6 Å². The van der Waals surface area contributed by atoms with E-state index in [-0.39, 0.29) is 19.0 Å². The van der Waals surface area contributed by atoms with Crippen molar-refractivity contribution < 1.29 is 19.1 Å². The molecule has 9 heteroatoms. The largest absolute Gasteiger partial charge is 0.378 e. The van der Waals surface area contributed by atoms with Gasteiger partial charge in [-0.25, -0.2) is 4.79 Å². The van der Waals surface area contributed by atoms with Gasteiger partial charge in [-0.2, -0.15) is 0 Å². The van der Waals surface area contributed by atoms with Crippen LogP contribution in [-0.2, 0) is 20.9 Å². The van der Waals surface area contributed by atoms with Crippen LogP contribution in [-0.4, -0.2) is 69.2 Å². The van der Waals surface area contributed by atoms with Crippen LogP contribution in [0.5, 0.6) is 0 Å². The minimum Gasteiger partial charge on any atom is -0.378 e. The number of ether oxygens (including phenoxy) is 1. The zero-order chi connectivity index (χ0) is 22.8. The molecule has 0 spiro atoms. The minimum atomic E-state index is -0.572. The number of imide groups is 1. The van der Waals surface area contributed by atoms with E-state index in [0.717, 1.165) is 24.3 Å². The van der Waals surface area contributed by atoms with Gasteiger partial charge in [-0.1, -0.05) is 30.3 Å². The van der Waals surface area contributed by atoms with Gasteiger partial charge in [0.15, 0.2) is 0 Å². The molecule has 1 saturated heterocycles. The van der Waals surface area contributed by atoms with Gasteiger partial charge in [-0.3, -0.25) is 19.8 Å². The van der Waals surface area contributed by atoms with E-state index in [1.165, 1.54) is 4.90 Å². The maximum Gasteiger partial charge on any atom is 0.321 e. The maximum absolute atomic E-state index is 12.3. The van der Waals surface area contributed by atoms with Gasteiger partial charge in [0.25, 0.3) is 0 Å². The van der Waals surface area contributed by atoms with Crippen molar-refractivity contribution in [2.45, 2.75) is 6.54 Å². The van der Waals surface area contributed by atoms with Crippen molar-refractivity contribution in [2.75, 3.05) is 56.7 Å². The van der Waals surface area contributed by atoms with Gasteiger partial charge in [0, 0.05) is 31.0 Å². The van der Waals surface area contributed by atoms with Crippen molar-refractivity contribution in [3.05, 3.63) is 60.2 Å². The number of hydrogen-bond acceptors (Lipinski definition) is 6. The molecule has 0 atom stereocenters. The fraction of sp³-hybridized carbons (Fsp3) is 0.348. The van der Waals surface area contributed by atoms with E-state index < -0.39 is 11.9 Å². The SMILES string of the molecule is CN(CC(=O)NC(=O)NCc1ccccc1)CC(=O)Nc1ccc(N2CCOCC2)cc1. The molecule has 1 aliphatic rings. The van der Waals surface area contributed by atoms with Crippen molar-refractivity contribution in [3.63, 3.8) is 0 Å². The monoisotopic (exact) mass is 439 g/mol. The molecule has 3 rings (SSSR count). The minimum absolute atomic E-state index is 0.0181. The van der Waals surface area contributed by atoms with Crippen LogP contribution < -0.4 is 20.9 Å². The lowest BCUT2D eigenvalue weighted by Crippen LogP contribution is -2.44. The van der Waals surface area contributed by atoms with Gasteiger partial charge in [-0.05, 0) is 36.9 Å². The summed E-state index contributed by atoms with van der Waals surface area (Å²) < 4.78 is 5.36. The topological polar surface area (TPSA) is 103 Å². The van der Waals surface area contributed by atoms with Gasteiger partial charge in [0.1, 0.15) is 0 Å². The highest BCUT2D eigenvalue weighted by molar-refractivity contribution is 5.96. The number of nitrogens with one attached hydrogen (secondary N) is 3. The third-order valence-electron chi connectivity index (χ3n) is 4.90. The first-order valence-electron chi connectivity index (χ1n) is 10.5. The first kappa shape index (κ1) is 23.2. The molecular formula is C23H29N5O4. The number of morpholine rings is 1. The molecule has 32 heavy (non-hydrogen) atoms. The normalized spacial score (nSPS) is 13.5. The van der Waals surface area contributed by atoms with Crippen LogP contribution in [0.2, 0.25) is 0 Å². The molecule has 1 aliphatic heterocycles. The fourth-order valence-electron chi connectivity index (χ4n) is 3.31. The Morgan fingerprint density at radius 3 is 2.28 bits per heavy atom. The van der Waals surface area contributed by atoms with E-state index in [4.69, 9.17) is 4.74 Å². The predicted molar refractivity (Wildman–Crippen MR) is 122 cm³/mol. The van der Waals surface area contributed by atoms with E-state index in [2.05, 4.69) is 20.9 Å². The Morgan fingerprint density at radius 1 is 0.938 bits per heavy atom. The van der Waals surface area contributed by atoms with Gasteiger partial charge < -0.3 is 20.3 Å². The summed E-state index contributed by atoms with van der Waals surface area (Å²) in [6.07, 6.45) is 0. The lowest BCUT2D eigenvalue weighted by atomic mass is 10.2. The second-order valence-corrected chi connectivity index (χ2v) is 7.58. The number of rotatable bonds is 8. The summed E-state index contributed by atoms with van der Waals surface area (Å²) in [6, 6.07) is 16.5. The van der Waals surface area contributed by atoms with Gasteiger partial charge in [0.2, 0.25) is 11.8 Å². The maximum atomic E-state index is 12.3. The molecule has 2 aromatic carbocycles. The standard InChI is InChI=1S/C23H29N5O4/c1-27(17-22(30)26-23(31)24-15-18-5-3-2-4-6-18)16-21(29)25-19-7-9-20(10-8-19)28-11-13-32-14-12-28/h2-10H,11-17H2,1H3,(H,25,29)(H2,24,26,30,31). The molecule has 0 aliphatic carbocycles. The van der Waals surface area contributed by atoms with E-state index in [1.54, 1.807) is 7.05 Å². The number of nitrogens with zero attached hydrogens (tertiary/aromatic N) is 2. The molecule has 0 aromatic heterocycles. The average Bonchev–Trinajstić information content (AvgIpc) is 2.79. The third kappa shape index (κ3) is 7.68. The van der Waals surface area contributed by atoms with Gasteiger partial charge in [-0.15, -0.1) is 0 Å². The molecule has 0 saturated carbocycles. The predicted octanol–water partition coefficient (Wildman–Crippen LogP) is 1.42. The first-order valence-corrected chi connectivity index (χ1v) is 10.5. The Balaban J connectivity index is 1.36. The van der Waals surface area contributed by atoms with Crippen LogP contribution in [0.3, 0.4) is 0 Å². The summed E-state index contributed by atoms with van der Waals surface area (Å²) in [4.78, 5) is 40.0. The molecule has 170 valence electrons. The quantitative estimate of drug-likeness (QED) is 0.575. The Morgan fingerprint density at radius 2 is 1.59 bits per heavy atom. The smallest absolute Gasteiger partial charge is 0.321 e. The van der Waals surface area contributed by atoms with Crippen LogP contribution in [0, 0.1) is 0 Å². The second-order valence-electron chi connectivity index (χ2n) is 7.58. The molecule has 4 amide bonds. The summed E-state index contributed by atoms with van der Waals surface area (Å²) in [5, 5.41) is 7.71. The Bertz CT molecular complexity index is 898. The number of benzene rings is 2. The van der Waals surface area contributed by atoms with E-state index in [9.17, 15) is 14.4 Å². The highest BCUT2D eigenvalue weighted by Crippen LogP contribution is 2.19. The summed E-state index contributed by atoms with van der Waals surface area (Å²) in [7, 11) is 1.64. The van der Waals surface area contributed by atoms with Crippen LogP contribution in [0.4, 0.5) is 16.2 Å². The zero-order valence-corrected chi connectivity index (χ0v) is 18.2. The van der Waals surface area contributed by atoms with Gasteiger partial charge in [0.05, 0.1) is 26.3 Å². The number of anilines is 2. The van der Waals surface area contributed by atoms with Crippen LogP contribution in [0.25, 0.3) is 0 Å². The Hall–Kier alpha value is -3.43. The lowest BCUT2D eigenvalue weighted by Gasteiger charge is -2.28. The molecule has 0 unspecified atom stereocenters. The third-order valence-corrected chi connectivity index (χ3v) is 4.90. The van der Waals surface area contributed by atoms with Crippen molar-refractivity contribution in [1.29, 1.82) is 0 Å². The summed E-state index contributed by atoms with van der Waals surface area (Å²) >= 11 is 0. The van der Waals surface area contributed by atoms with Gasteiger partial charge >= 0.3 is 6.03 Å². The van der Waals surface area contributed by atoms with Crippen molar-refractivity contribution in [3.8, 4) is 0 Å². The summed E-state index contributed by atoms with van der Waals surface area (Å²) in [5.74, 6) is -0.728. The zero-order valence-electron chi connectivity index (χ0n) is 18.2. The summed E-state index contributed by atoms with van der Waals surface area (Å²) in [6.45, 7) is 3.39. The number of carbonyl (C=O) groups excluding carboxylic acids is 3. The molecular weight excluding hydrogens is 410 g/mol. The summed E-state index contributed by atoms with van der Waals surface area (Å²) in [5.41, 5.74) is 2.71. The number of hydrogen-bond donors (Lipinski definition) is 3. The molecule has 2 aromatic rings.